The maximum Gasteiger partial charge on any atom is 0.269 e. The molecule has 0 radical (unpaired) electrons. The van der Waals surface area contributed by atoms with Gasteiger partial charge in [-0.1, -0.05) is 0 Å². The molecule has 0 bridgehead atoms. The largest absolute Gasteiger partial charge is 0.479 e. The molecule has 10 nitrogen and oxygen atoms in total. The van der Waals surface area contributed by atoms with E-state index in [-0.39, 0.29) is 17.4 Å². The van der Waals surface area contributed by atoms with E-state index in [1.807, 2.05) is 37.5 Å². The summed E-state index contributed by atoms with van der Waals surface area (Å²) in [5, 5.41) is 20.1. The van der Waals surface area contributed by atoms with Crippen molar-refractivity contribution in [1.29, 1.82) is 5.26 Å². The highest BCUT2D eigenvalue weighted by Gasteiger charge is 2.31. The van der Waals surface area contributed by atoms with Crippen molar-refractivity contribution in [3.8, 4) is 23.1 Å². The van der Waals surface area contributed by atoms with Crippen molar-refractivity contribution in [2.45, 2.75) is 38.6 Å². The number of nitrogens with one attached hydrogen (secondary N) is 2. The fourth-order valence-corrected chi connectivity index (χ4v) is 4.56. The molecule has 34 heavy (non-hydrogen) atoms. The van der Waals surface area contributed by atoms with Crippen LogP contribution >= 0.6 is 0 Å². The fourth-order valence-electron chi connectivity index (χ4n) is 4.56. The summed E-state index contributed by atoms with van der Waals surface area (Å²) in [7, 11) is 3.18. The fraction of sp³-hybridized carbons (Fsp3) is 0.375. The number of carbonyl (C=O) groups excluding carboxylic acids is 1. The Hall–Kier alpha value is -4.13. The number of hydrogen-bond acceptors (Lipinski definition) is 7. The first-order valence-electron chi connectivity index (χ1n) is 11.3. The van der Waals surface area contributed by atoms with Crippen molar-refractivity contribution in [2.24, 2.45) is 5.41 Å². The molecule has 10 heteroatoms. The van der Waals surface area contributed by atoms with E-state index >= 15 is 0 Å². The van der Waals surface area contributed by atoms with E-state index in [0.717, 1.165) is 42.3 Å². The van der Waals surface area contributed by atoms with Gasteiger partial charge >= 0.3 is 0 Å². The van der Waals surface area contributed by atoms with E-state index in [2.05, 4.69) is 31.8 Å². The molecule has 0 unspecified atom stereocenters. The van der Waals surface area contributed by atoms with Gasteiger partial charge in [0, 0.05) is 36.6 Å². The zero-order valence-electron chi connectivity index (χ0n) is 19.4. The van der Waals surface area contributed by atoms with Crippen molar-refractivity contribution in [2.75, 3.05) is 19.5 Å². The Morgan fingerprint density at radius 1 is 1.29 bits per heavy atom. The minimum Gasteiger partial charge on any atom is -0.479 e. The Labute approximate surface area is 196 Å². The van der Waals surface area contributed by atoms with Gasteiger partial charge in [-0.15, -0.1) is 5.10 Å². The Balaban J connectivity index is 1.49. The smallest absolute Gasteiger partial charge is 0.269 e. The summed E-state index contributed by atoms with van der Waals surface area (Å²) in [6, 6.07) is 8.42. The molecule has 0 spiro atoms. The summed E-state index contributed by atoms with van der Waals surface area (Å²) < 4.78 is 9.16. The maximum atomic E-state index is 12.2. The number of anilines is 1. The maximum absolute atomic E-state index is 12.2. The van der Waals surface area contributed by atoms with Crippen molar-refractivity contribution >= 4 is 23.0 Å². The van der Waals surface area contributed by atoms with Gasteiger partial charge in [0.05, 0.1) is 24.8 Å². The van der Waals surface area contributed by atoms with Gasteiger partial charge in [-0.2, -0.15) is 10.2 Å². The molecule has 0 aromatic carbocycles. The van der Waals surface area contributed by atoms with Gasteiger partial charge in [0.2, 0.25) is 11.8 Å². The van der Waals surface area contributed by atoms with Crippen LogP contribution in [0.4, 0.5) is 5.95 Å². The van der Waals surface area contributed by atoms with Gasteiger partial charge < -0.3 is 15.4 Å². The average Bonchev–Trinajstić information content (AvgIpc) is 3.48. The molecule has 1 amide bonds. The molecule has 2 N–H and O–H groups in total. The average molecular weight is 459 g/mol. The number of rotatable bonds is 5. The summed E-state index contributed by atoms with van der Waals surface area (Å²) in [6.45, 7) is 2.02. The number of methoxy groups -OCH3 is 1. The van der Waals surface area contributed by atoms with Gasteiger partial charge in [0.1, 0.15) is 16.9 Å². The minimum absolute atomic E-state index is 0.208. The molecule has 0 atom stereocenters. The number of pyridine rings is 1. The van der Waals surface area contributed by atoms with Crippen LogP contribution in [-0.2, 0) is 0 Å². The van der Waals surface area contributed by atoms with Gasteiger partial charge in [0.15, 0.2) is 0 Å². The van der Waals surface area contributed by atoms with Crippen LogP contribution in [0.25, 0.3) is 22.3 Å². The molecule has 0 saturated heterocycles. The predicted octanol–water partition coefficient (Wildman–Crippen LogP) is 3.30. The number of imidazole rings is 1. The van der Waals surface area contributed by atoms with Crippen molar-refractivity contribution in [3.63, 3.8) is 0 Å². The monoisotopic (exact) mass is 458 g/mol. The van der Waals surface area contributed by atoms with Crippen LogP contribution in [0.2, 0.25) is 0 Å². The summed E-state index contributed by atoms with van der Waals surface area (Å²) in [6.07, 6.45) is 8.79. The topological polar surface area (TPSA) is 122 Å². The highest BCUT2D eigenvalue weighted by molar-refractivity contribution is 5.93. The lowest BCUT2D eigenvalue weighted by Gasteiger charge is -2.32. The van der Waals surface area contributed by atoms with Crippen LogP contribution in [0.5, 0.6) is 5.88 Å². The molecule has 5 rings (SSSR count). The molecule has 1 aliphatic carbocycles. The third-order valence-electron chi connectivity index (χ3n) is 6.64. The SMILES string of the molecule is CNC(=O)c1cnc2ccc(-c3ccn4nc(N[C@H]5CC[C@](C)(C#N)CC5)nc(OC)c34)cn12. The van der Waals surface area contributed by atoms with E-state index in [1.165, 1.54) is 0 Å². The number of nitrogens with zero attached hydrogens (tertiary/aromatic N) is 6. The first-order chi connectivity index (χ1) is 16.4. The Morgan fingerprint density at radius 2 is 2.09 bits per heavy atom. The summed E-state index contributed by atoms with van der Waals surface area (Å²) >= 11 is 0. The van der Waals surface area contributed by atoms with Crippen LogP contribution in [0.1, 0.15) is 43.1 Å². The van der Waals surface area contributed by atoms with E-state index in [0.29, 0.717) is 23.2 Å². The van der Waals surface area contributed by atoms with Gasteiger partial charge in [-0.3, -0.25) is 9.20 Å². The quantitative estimate of drug-likeness (QED) is 0.471. The van der Waals surface area contributed by atoms with Crippen LogP contribution in [-0.4, -0.2) is 50.1 Å². The molecular formula is C24H26N8O2. The Morgan fingerprint density at radius 3 is 2.79 bits per heavy atom. The van der Waals surface area contributed by atoms with Crippen LogP contribution in [0, 0.1) is 16.7 Å². The number of carbonyl (C=O) groups is 1. The number of ether oxygens (including phenoxy) is 1. The normalized spacial score (nSPS) is 20.2. The van der Waals surface area contributed by atoms with Crippen LogP contribution < -0.4 is 15.4 Å². The van der Waals surface area contributed by atoms with Gasteiger partial charge in [0.25, 0.3) is 5.91 Å². The number of aromatic nitrogens is 5. The standard InChI is InChI=1S/C24H26N8O2/c1-24(14-25)9-6-16(7-10-24)28-23-29-22(34-3)20-17(8-11-32(20)30-23)15-4-5-19-27-12-18(21(33)26-2)31(19)13-15/h4-5,8,11-13,16H,6-7,9-10H2,1-3H3,(H,26,33)(H,28,30)/t16-,24-. The molecule has 1 saturated carbocycles. The van der Waals surface area contributed by atoms with Crippen molar-refractivity contribution in [3.05, 3.63) is 42.5 Å². The molecule has 4 heterocycles. The first-order valence-corrected chi connectivity index (χ1v) is 11.3. The first kappa shape index (κ1) is 21.7. The van der Waals surface area contributed by atoms with Gasteiger partial charge in [-0.05, 0) is 50.8 Å². The Bertz CT molecular complexity index is 1420. The second-order valence-electron chi connectivity index (χ2n) is 8.93. The highest BCUT2D eigenvalue weighted by atomic mass is 16.5. The second kappa shape index (κ2) is 8.33. The molecule has 1 fully saturated rings. The molecule has 4 aromatic heterocycles. The highest BCUT2D eigenvalue weighted by Crippen LogP contribution is 2.36. The molecule has 0 aliphatic heterocycles. The van der Waals surface area contributed by atoms with E-state index in [9.17, 15) is 10.1 Å². The van der Waals surface area contributed by atoms with Crippen LogP contribution in [0.15, 0.2) is 36.8 Å². The molecular weight excluding hydrogens is 432 g/mol. The Kier molecular flexibility index (Phi) is 5.32. The van der Waals surface area contributed by atoms with E-state index in [4.69, 9.17) is 4.74 Å². The van der Waals surface area contributed by atoms with E-state index in [1.54, 1.807) is 29.3 Å². The molecule has 174 valence electrons. The van der Waals surface area contributed by atoms with E-state index < -0.39 is 0 Å². The lowest BCUT2D eigenvalue weighted by molar-refractivity contribution is 0.0957. The third kappa shape index (κ3) is 3.69. The third-order valence-corrected chi connectivity index (χ3v) is 6.64. The second-order valence-corrected chi connectivity index (χ2v) is 8.93. The number of nitriles is 1. The van der Waals surface area contributed by atoms with Crippen molar-refractivity contribution in [1.82, 2.24) is 29.3 Å². The lowest BCUT2D eigenvalue weighted by Crippen LogP contribution is -2.31. The number of amides is 1. The number of fused-ring (bicyclic) bond motifs is 2. The predicted molar refractivity (Wildman–Crippen MR) is 127 cm³/mol. The summed E-state index contributed by atoms with van der Waals surface area (Å²) in [5.41, 5.74) is 3.38. The molecule has 4 aromatic rings. The van der Waals surface area contributed by atoms with Crippen molar-refractivity contribution < 1.29 is 9.53 Å². The molecule has 1 aliphatic rings. The van der Waals surface area contributed by atoms with Crippen LogP contribution in [0.3, 0.4) is 0 Å². The minimum atomic E-state index is -0.246. The van der Waals surface area contributed by atoms with Gasteiger partial charge in [-0.25, -0.2) is 9.50 Å². The number of hydrogen-bond donors (Lipinski definition) is 2. The summed E-state index contributed by atoms with van der Waals surface area (Å²) in [4.78, 5) is 21.1. The zero-order valence-corrected chi connectivity index (χ0v) is 19.4. The zero-order chi connectivity index (χ0) is 23.9. The lowest BCUT2D eigenvalue weighted by atomic mass is 9.75. The summed E-state index contributed by atoms with van der Waals surface area (Å²) in [5.74, 6) is 0.734.